The third kappa shape index (κ3) is 189. The molecule has 0 aromatic heterocycles. The Morgan fingerprint density at radius 2 is 1.27 bits per heavy atom. The van der Waals surface area contributed by atoms with E-state index in [9.17, 15) is 4.79 Å². The molecule has 0 aromatic rings. The summed E-state index contributed by atoms with van der Waals surface area (Å²) in [5.41, 5.74) is 0. The molecule has 0 bridgehead atoms. The molecule has 7 nitrogen and oxygen atoms in total. The Morgan fingerprint density at radius 1 is 1.20 bits per heavy atom. The normalized spacial score (nSPS) is 8.73. The van der Waals surface area contributed by atoms with Crippen molar-refractivity contribution >= 4 is 11.9 Å². The van der Waals surface area contributed by atoms with E-state index in [1.165, 1.54) is 6.92 Å². The van der Waals surface area contributed by atoms with Gasteiger partial charge in [0.05, 0.1) is 0 Å². The highest BCUT2D eigenvalue weighted by molar-refractivity contribution is 5.71. The molecule has 0 radical (unpaired) electrons. The van der Waals surface area contributed by atoms with Gasteiger partial charge < -0.3 is 25.5 Å². The average molecular weight is 228 g/mol. The van der Waals surface area contributed by atoms with Gasteiger partial charge in [0.15, 0.2) is 0 Å². The Morgan fingerprint density at radius 3 is 1.27 bits per heavy atom. The van der Waals surface area contributed by atoms with Crippen molar-refractivity contribution in [3.63, 3.8) is 0 Å². The van der Waals surface area contributed by atoms with E-state index in [1.807, 2.05) is 0 Å². The first kappa shape index (κ1) is 23.6. The zero-order valence-corrected chi connectivity index (χ0v) is 9.34. The largest absolute Gasteiger partial charge is 0.481 e. The van der Waals surface area contributed by atoms with Crippen LogP contribution in [0.4, 0.5) is 0 Å². The smallest absolute Gasteiger partial charge is 0.332 e. The quantitative estimate of drug-likeness (QED) is 0.394. The Balaban J connectivity index is -0.0000000590. The molecular formula is C8H20O7. The van der Waals surface area contributed by atoms with Crippen LogP contribution in [0.15, 0.2) is 0 Å². The molecule has 0 aliphatic rings. The zero-order chi connectivity index (χ0) is 13.4. The molecule has 0 rings (SSSR count). The Labute approximate surface area is 88.6 Å². The molecule has 1 atom stereocenters. The van der Waals surface area contributed by atoms with E-state index in [0.717, 1.165) is 14.0 Å². The van der Waals surface area contributed by atoms with Gasteiger partial charge in [-0.15, -0.1) is 0 Å². The number of aliphatic hydroxyl groups is 3. The second-order valence-electron chi connectivity index (χ2n) is 1.85. The lowest BCUT2D eigenvalue weighted by atomic mass is 10.4. The highest BCUT2D eigenvalue weighted by Crippen LogP contribution is 1.73. The van der Waals surface area contributed by atoms with Gasteiger partial charge in [-0.05, 0) is 13.8 Å². The second kappa shape index (κ2) is 23.0. The van der Waals surface area contributed by atoms with Crippen LogP contribution in [0, 0.1) is 0 Å². The van der Waals surface area contributed by atoms with Crippen LogP contribution in [0.3, 0.4) is 0 Å². The SMILES string of the molecule is CC(=O)O.CC(O)C(=O)O.CCO.CO. The molecule has 0 aromatic carbocycles. The molecule has 15 heavy (non-hydrogen) atoms. The monoisotopic (exact) mass is 228 g/mol. The standard InChI is InChI=1S/C3H6O3.C2H4O2.C2H6O.CH4O/c1-2(4)3(5)6;1-2(3)4;1-2-3;1-2/h2,4H,1H3,(H,5,6);1H3,(H,3,4);3H,2H2,1H3;2H,1H3. The fourth-order valence-corrected chi connectivity index (χ4v) is 0. The summed E-state index contributed by atoms with van der Waals surface area (Å²) >= 11 is 0. The third-order valence-corrected chi connectivity index (χ3v) is 0.357. The minimum Gasteiger partial charge on any atom is -0.481 e. The summed E-state index contributed by atoms with van der Waals surface area (Å²) in [5.74, 6) is -2.02. The van der Waals surface area contributed by atoms with Crippen molar-refractivity contribution < 1.29 is 35.1 Å². The molecule has 0 spiro atoms. The third-order valence-electron chi connectivity index (χ3n) is 0.357. The first-order chi connectivity index (χ1) is 6.79. The lowest BCUT2D eigenvalue weighted by Crippen LogP contribution is -2.13. The van der Waals surface area contributed by atoms with Gasteiger partial charge in [0.1, 0.15) is 6.10 Å². The number of carboxylic acids is 2. The number of rotatable bonds is 1. The van der Waals surface area contributed by atoms with Gasteiger partial charge in [0.25, 0.3) is 5.97 Å². The van der Waals surface area contributed by atoms with Crippen molar-refractivity contribution in [1.82, 2.24) is 0 Å². The van der Waals surface area contributed by atoms with Crippen molar-refractivity contribution in [2.75, 3.05) is 13.7 Å². The highest BCUT2D eigenvalue weighted by Gasteiger charge is 2.01. The number of aliphatic carboxylic acids is 2. The van der Waals surface area contributed by atoms with Gasteiger partial charge in [0.2, 0.25) is 0 Å². The second-order valence-corrected chi connectivity index (χ2v) is 1.85. The van der Waals surface area contributed by atoms with E-state index in [0.29, 0.717) is 0 Å². The van der Waals surface area contributed by atoms with Crippen LogP contribution in [0.25, 0.3) is 0 Å². The van der Waals surface area contributed by atoms with Crippen LogP contribution >= 0.6 is 0 Å². The average Bonchev–Trinajstić information content (AvgIpc) is 2.08. The van der Waals surface area contributed by atoms with Crippen LogP contribution in [-0.4, -0.2) is 57.3 Å². The summed E-state index contributed by atoms with van der Waals surface area (Å²) in [6, 6.07) is 0. The predicted octanol–water partition coefficient (Wildman–Crippen LogP) is -0.850. The fourth-order valence-electron chi connectivity index (χ4n) is 0. The minimum absolute atomic E-state index is 0.250. The van der Waals surface area contributed by atoms with E-state index in [4.69, 9.17) is 30.3 Å². The number of hydrogen-bond acceptors (Lipinski definition) is 5. The van der Waals surface area contributed by atoms with E-state index in [1.54, 1.807) is 6.92 Å². The maximum Gasteiger partial charge on any atom is 0.332 e. The zero-order valence-electron chi connectivity index (χ0n) is 9.34. The van der Waals surface area contributed by atoms with Gasteiger partial charge in [-0.3, -0.25) is 4.79 Å². The summed E-state index contributed by atoms with van der Waals surface area (Å²) in [6.45, 7) is 4.21. The molecule has 0 aliphatic carbocycles. The number of carboxylic acid groups (broad SMARTS) is 2. The van der Waals surface area contributed by atoms with E-state index >= 15 is 0 Å². The van der Waals surface area contributed by atoms with Crippen molar-refractivity contribution in [1.29, 1.82) is 0 Å². The summed E-state index contributed by atoms with van der Waals surface area (Å²) < 4.78 is 0. The molecule has 7 heteroatoms. The molecule has 0 saturated heterocycles. The van der Waals surface area contributed by atoms with Gasteiger partial charge in [-0.2, -0.15) is 0 Å². The van der Waals surface area contributed by atoms with Gasteiger partial charge in [-0.25, -0.2) is 4.79 Å². The number of hydrogen-bond donors (Lipinski definition) is 5. The molecule has 1 unspecified atom stereocenters. The van der Waals surface area contributed by atoms with Gasteiger partial charge in [-0.1, -0.05) is 0 Å². The summed E-state index contributed by atoms with van der Waals surface area (Å²) in [5, 5.41) is 37.8. The molecular weight excluding hydrogens is 208 g/mol. The minimum atomic E-state index is -1.23. The molecule has 0 aliphatic heterocycles. The van der Waals surface area contributed by atoms with Crippen LogP contribution < -0.4 is 0 Å². The van der Waals surface area contributed by atoms with E-state index in [2.05, 4.69) is 0 Å². The molecule has 0 heterocycles. The highest BCUT2D eigenvalue weighted by atomic mass is 16.4. The summed E-state index contributed by atoms with van der Waals surface area (Å²) in [6.07, 6.45) is -1.23. The lowest BCUT2D eigenvalue weighted by Gasteiger charge is -1.89. The summed E-state index contributed by atoms with van der Waals surface area (Å²) in [4.78, 5) is 18.4. The topological polar surface area (TPSA) is 135 Å². The molecule has 5 N–H and O–H groups in total. The Hall–Kier alpha value is -1.18. The van der Waals surface area contributed by atoms with Gasteiger partial charge >= 0.3 is 5.97 Å². The van der Waals surface area contributed by atoms with Crippen molar-refractivity contribution in [2.45, 2.75) is 26.9 Å². The number of aliphatic hydroxyl groups excluding tert-OH is 3. The lowest BCUT2D eigenvalue weighted by molar-refractivity contribution is -0.145. The first-order valence-corrected chi connectivity index (χ1v) is 3.95. The van der Waals surface area contributed by atoms with Crippen LogP contribution in [-0.2, 0) is 9.59 Å². The first-order valence-electron chi connectivity index (χ1n) is 3.95. The number of carbonyl (C=O) groups is 2. The summed E-state index contributed by atoms with van der Waals surface area (Å²) in [7, 11) is 1.00. The van der Waals surface area contributed by atoms with Crippen LogP contribution in [0.5, 0.6) is 0 Å². The van der Waals surface area contributed by atoms with Crippen LogP contribution in [0.2, 0.25) is 0 Å². The molecule has 0 saturated carbocycles. The molecule has 94 valence electrons. The van der Waals surface area contributed by atoms with Crippen molar-refractivity contribution in [2.24, 2.45) is 0 Å². The fraction of sp³-hybridized carbons (Fsp3) is 0.750. The van der Waals surface area contributed by atoms with Crippen molar-refractivity contribution in [3.8, 4) is 0 Å². The maximum atomic E-state index is 9.45. The predicted molar refractivity (Wildman–Crippen MR) is 53.5 cm³/mol. The van der Waals surface area contributed by atoms with Crippen molar-refractivity contribution in [3.05, 3.63) is 0 Å². The van der Waals surface area contributed by atoms with Gasteiger partial charge in [0, 0.05) is 20.6 Å². The Kier molecular flexibility index (Phi) is 36.2. The van der Waals surface area contributed by atoms with E-state index < -0.39 is 18.0 Å². The maximum absolute atomic E-state index is 9.45. The van der Waals surface area contributed by atoms with Crippen LogP contribution in [0.1, 0.15) is 20.8 Å². The van der Waals surface area contributed by atoms with E-state index in [-0.39, 0.29) is 6.61 Å². The Bertz CT molecular complexity index is 129. The molecule has 0 fully saturated rings. The molecule has 0 amide bonds.